The van der Waals surface area contributed by atoms with Crippen molar-refractivity contribution in [2.24, 2.45) is 0 Å². The summed E-state index contributed by atoms with van der Waals surface area (Å²) in [6, 6.07) is 16.4. The molecule has 8 nitrogen and oxygen atoms in total. The average molecular weight is 577 g/mol. The Morgan fingerprint density at radius 3 is 2.48 bits per heavy atom. The van der Waals surface area contributed by atoms with Gasteiger partial charge in [0.1, 0.15) is 5.75 Å². The zero-order chi connectivity index (χ0) is 30.1. The molecule has 0 spiro atoms. The minimum atomic E-state index is -0.146. The lowest BCUT2D eigenvalue weighted by Crippen LogP contribution is -2.57. The van der Waals surface area contributed by atoms with Crippen LogP contribution < -0.4 is 5.32 Å². The predicted octanol–water partition coefficient (Wildman–Crippen LogP) is 4.60. The van der Waals surface area contributed by atoms with Crippen LogP contribution in [0.5, 0.6) is 5.75 Å². The van der Waals surface area contributed by atoms with Gasteiger partial charge in [0, 0.05) is 62.8 Å². The quantitative estimate of drug-likeness (QED) is 0.217. The Morgan fingerprint density at radius 2 is 1.79 bits per heavy atom. The van der Waals surface area contributed by atoms with E-state index in [-0.39, 0.29) is 29.7 Å². The summed E-state index contributed by atoms with van der Waals surface area (Å²) in [4.78, 5) is 32.1. The van der Waals surface area contributed by atoms with Crippen molar-refractivity contribution in [1.29, 1.82) is 0 Å². The maximum absolute atomic E-state index is 13.7. The lowest BCUT2D eigenvalue weighted by Gasteiger charge is -2.47. The van der Waals surface area contributed by atoms with Gasteiger partial charge in [0.2, 0.25) is 0 Å². The number of rotatable bonds is 12. The third-order valence-electron chi connectivity index (χ3n) is 8.57. The van der Waals surface area contributed by atoms with E-state index in [1.807, 2.05) is 48.2 Å². The normalized spacial score (nSPS) is 21.2. The van der Waals surface area contributed by atoms with Gasteiger partial charge in [0.25, 0.3) is 5.91 Å². The van der Waals surface area contributed by atoms with Crippen molar-refractivity contribution >= 4 is 11.9 Å². The standard InChI is InChI=1S/C34H48N4O4/c1-5-18-37-23-26(4)38(24-25(37)3)33(28-11-8-13-31(39)22-28)27-10-7-12-29(21-27)34(41)36-19-15-30(16-20-36)35-17-9-14-32(40)42-6-2/h5,7-8,10-13,21-22,25-26,30,33,35,39H,1,6,9,14-20,23-24H2,2-4H3/t25-,26-,33?/m1/s1. The van der Waals surface area contributed by atoms with Crippen molar-refractivity contribution < 1.29 is 19.4 Å². The topological polar surface area (TPSA) is 85.4 Å². The van der Waals surface area contributed by atoms with Gasteiger partial charge in [-0.1, -0.05) is 30.3 Å². The van der Waals surface area contributed by atoms with E-state index in [4.69, 9.17) is 4.74 Å². The molecular formula is C34H48N4O4. The number of nitrogens with one attached hydrogen (secondary N) is 1. The van der Waals surface area contributed by atoms with Crippen LogP contribution in [-0.4, -0.2) is 95.7 Å². The van der Waals surface area contributed by atoms with E-state index >= 15 is 0 Å². The smallest absolute Gasteiger partial charge is 0.305 e. The van der Waals surface area contributed by atoms with E-state index in [9.17, 15) is 14.7 Å². The highest BCUT2D eigenvalue weighted by Gasteiger charge is 2.35. The predicted molar refractivity (Wildman–Crippen MR) is 167 cm³/mol. The first kappa shape index (κ1) is 31.7. The molecule has 8 heteroatoms. The molecule has 2 heterocycles. The highest BCUT2D eigenvalue weighted by molar-refractivity contribution is 5.94. The van der Waals surface area contributed by atoms with E-state index in [1.54, 1.807) is 6.07 Å². The molecule has 2 aromatic carbocycles. The average Bonchev–Trinajstić information content (AvgIpc) is 2.98. The largest absolute Gasteiger partial charge is 0.508 e. The number of hydrogen-bond donors (Lipinski definition) is 2. The molecule has 2 N–H and O–H groups in total. The monoisotopic (exact) mass is 576 g/mol. The van der Waals surface area contributed by atoms with Gasteiger partial charge in [-0.2, -0.15) is 0 Å². The molecule has 0 radical (unpaired) electrons. The molecule has 2 saturated heterocycles. The van der Waals surface area contributed by atoms with Gasteiger partial charge >= 0.3 is 5.97 Å². The number of ether oxygens (including phenoxy) is 1. The number of nitrogens with zero attached hydrogens (tertiary/aromatic N) is 3. The molecule has 3 atom stereocenters. The molecule has 0 saturated carbocycles. The Kier molecular flexibility index (Phi) is 11.6. The van der Waals surface area contributed by atoms with E-state index in [0.29, 0.717) is 43.8 Å². The van der Waals surface area contributed by atoms with Gasteiger partial charge in [-0.15, -0.1) is 6.58 Å². The first-order valence-corrected chi connectivity index (χ1v) is 15.5. The number of benzene rings is 2. The molecule has 0 aliphatic carbocycles. The number of esters is 1. The Bertz CT molecular complexity index is 1200. The van der Waals surface area contributed by atoms with Crippen LogP contribution in [0.15, 0.2) is 61.2 Å². The number of hydrogen-bond acceptors (Lipinski definition) is 7. The van der Waals surface area contributed by atoms with Crippen molar-refractivity contribution in [3.8, 4) is 5.75 Å². The van der Waals surface area contributed by atoms with Crippen molar-refractivity contribution in [1.82, 2.24) is 20.0 Å². The second kappa shape index (κ2) is 15.3. The molecule has 2 fully saturated rings. The second-order valence-electron chi connectivity index (χ2n) is 11.7. The zero-order valence-electron chi connectivity index (χ0n) is 25.5. The van der Waals surface area contributed by atoms with Gasteiger partial charge in [-0.05, 0) is 82.0 Å². The maximum atomic E-state index is 13.7. The number of carbonyl (C=O) groups is 2. The van der Waals surface area contributed by atoms with E-state index in [2.05, 4.69) is 47.7 Å². The first-order chi connectivity index (χ1) is 20.3. The summed E-state index contributed by atoms with van der Waals surface area (Å²) in [7, 11) is 0. The highest BCUT2D eigenvalue weighted by Crippen LogP contribution is 2.35. The Balaban J connectivity index is 1.44. The molecule has 2 aromatic rings. The van der Waals surface area contributed by atoms with Gasteiger partial charge in [0.15, 0.2) is 0 Å². The van der Waals surface area contributed by atoms with E-state index < -0.39 is 0 Å². The molecule has 1 amide bonds. The number of piperidine rings is 1. The van der Waals surface area contributed by atoms with Gasteiger partial charge in [-0.3, -0.25) is 19.4 Å². The number of carbonyl (C=O) groups excluding carboxylic acids is 2. The number of likely N-dealkylation sites (tertiary alicyclic amines) is 1. The molecule has 0 bridgehead atoms. The summed E-state index contributed by atoms with van der Waals surface area (Å²) >= 11 is 0. The third-order valence-corrected chi connectivity index (χ3v) is 8.57. The van der Waals surface area contributed by atoms with Crippen LogP contribution in [0, 0.1) is 0 Å². The molecule has 2 aliphatic rings. The Hall–Kier alpha value is -3.20. The Labute approximate surface area is 251 Å². The summed E-state index contributed by atoms with van der Waals surface area (Å²) < 4.78 is 5.00. The molecule has 0 aromatic heterocycles. The van der Waals surface area contributed by atoms with Crippen molar-refractivity contribution in [3.05, 3.63) is 77.9 Å². The van der Waals surface area contributed by atoms with Gasteiger partial charge < -0.3 is 20.1 Å². The number of phenolic OH excluding ortho intramolecular Hbond substituents is 1. The van der Waals surface area contributed by atoms with Crippen molar-refractivity contribution in [2.75, 3.05) is 45.9 Å². The summed E-state index contributed by atoms with van der Waals surface area (Å²) in [5.74, 6) is 0.157. The van der Waals surface area contributed by atoms with Crippen LogP contribution in [0.3, 0.4) is 0 Å². The van der Waals surface area contributed by atoms with Crippen LogP contribution in [0.4, 0.5) is 0 Å². The molecule has 1 unspecified atom stereocenters. The van der Waals surface area contributed by atoms with E-state index in [0.717, 1.165) is 56.6 Å². The SMILES string of the molecule is C=CCN1C[C@@H](C)N(C(c2cccc(O)c2)c2cccc(C(=O)N3CCC(NCCCC(=O)OCC)CC3)c2)C[C@H]1C. The second-order valence-corrected chi connectivity index (χ2v) is 11.7. The fourth-order valence-electron chi connectivity index (χ4n) is 6.36. The van der Waals surface area contributed by atoms with Crippen LogP contribution in [0.2, 0.25) is 0 Å². The summed E-state index contributed by atoms with van der Waals surface area (Å²) in [5, 5.41) is 13.9. The molecular weight excluding hydrogens is 528 g/mol. The highest BCUT2D eigenvalue weighted by atomic mass is 16.5. The van der Waals surface area contributed by atoms with Crippen molar-refractivity contribution in [2.45, 2.75) is 70.6 Å². The number of phenols is 1. The van der Waals surface area contributed by atoms with Crippen LogP contribution in [0.1, 0.15) is 74.0 Å². The van der Waals surface area contributed by atoms with Gasteiger partial charge in [-0.25, -0.2) is 0 Å². The van der Waals surface area contributed by atoms with Crippen molar-refractivity contribution in [3.63, 3.8) is 0 Å². The molecule has 42 heavy (non-hydrogen) atoms. The van der Waals surface area contributed by atoms with E-state index in [1.165, 1.54) is 0 Å². The summed E-state index contributed by atoms with van der Waals surface area (Å²) in [6.07, 6.45) is 4.93. The van der Waals surface area contributed by atoms with Gasteiger partial charge in [0.05, 0.1) is 12.6 Å². The number of piperazine rings is 1. The number of aromatic hydroxyl groups is 1. The van der Waals surface area contributed by atoms with Crippen LogP contribution in [-0.2, 0) is 9.53 Å². The minimum Gasteiger partial charge on any atom is -0.508 e. The lowest BCUT2D eigenvalue weighted by molar-refractivity contribution is -0.143. The van der Waals surface area contributed by atoms with Crippen LogP contribution >= 0.6 is 0 Å². The maximum Gasteiger partial charge on any atom is 0.305 e. The number of amides is 1. The fourth-order valence-corrected chi connectivity index (χ4v) is 6.36. The lowest BCUT2D eigenvalue weighted by atomic mass is 9.92. The summed E-state index contributed by atoms with van der Waals surface area (Å²) in [5.41, 5.74) is 2.77. The zero-order valence-corrected chi connectivity index (χ0v) is 25.5. The first-order valence-electron chi connectivity index (χ1n) is 15.5. The fraction of sp³-hybridized carbons (Fsp3) is 0.529. The minimum absolute atomic E-state index is 0.0597. The Morgan fingerprint density at radius 1 is 1.07 bits per heavy atom. The molecule has 228 valence electrons. The molecule has 2 aliphatic heterocycles. The third kappa shape index (κ3) is 8.21. The summed E-state index contributed by atoms with van der Waals surface area (Å²) in [6.45, 7) is 15.5. The van der Waals surface area contributed by atoms with Crippen LogP contribution in [0.25, 0.3) is 0 Å². The molecule has 4 rings (SSSR count).